The number of hydrogen-bond acceptors (Lipinski definition) is 4. The highest BCUT2D eigenvalue weighted by molar-refractivity contribution is 5.97. The van der Waals surface area contributed by atoms with Crippen molar-refractivity contribution in [3.05, 3.63) is 29.8 Å². The third-order valence-electron chi connectivity index (χ3n) is 5.49. The highest BCUT2D eigenvalue weighted by Crippen LogP contribution is 2.39. The molecule has 1 aromatic carbocycles. The molecule has 2 aliphatic rings. The van der Waals surface area contributed by atoms with E-state index in [4.69, 9.17) is 4.74 Å². The maximum absolute atomic E-state index is 12.7. The zero-order valence-corrected chi connectivity index (χ0v) is 15.5. The van der Waals surface area contributed by atoms with Crippen LogP contribution in [0.2, 0.25) is 0 Å². The summed E-state index contributed by atoms with van der Waals surface area (Å²) < 4.78 is 5.34. The summed E-state index contributed by atoms with van der Waals surface area (Å²) in [5, 5.41) is 12.1. The van der Waals surface area contributed by atoms with Gasteiger partial charge >= 0.3 is 5.97 Å². The van der Waals surface area contributed by atoms with Crippen molar-refractivity contribution in [2.45, 2.75) is 51.1 Å². The molecule has 27 heavy (non-hydrogen) atoms. The minimum Gasteiger partial charge on any atom is -0.494 e. The number of likely N-dealkylation sites (tertiary alicyclic amines) is 1. The Morgan fingerprint density at radius 2 is 1.89 bits per heavy atom. The van der Waals surface area contributed by atoms with Crippen molar-refractivity contribution < 1.29 is 24.2 Å². The molecular weight excluding hydrogens is 348 g/mol. The fraction of sp³-hybridized carbons (Fsp3) is 0.550. The highest BCUT2D eigenvalue weighted by atomic mass is 16.5. The fourth-order valence-corrected chi connectivity index (χ4v) is 4.26. The van der Waals surface area contributed by atoms with E-state index >= 15 is 0 Å². The van der Waals surface area contributed by atoms with Crippen LogP contribution >= 0.6 is 0 Å². The topological polar surface area (TPSA) is 95.9 Å². The van der Waals surface area contributed by atoms with E-state index < -0.39 is 12.0 Å². The molecule has 2 N–H and O–H groups in total. The second-order valence-corrected chi connectivity index (χ2v) is 7.14. The Kier molecular flexibility index (Phi) is 5.98. The molecule has 7 heteroatoms. The lowest BCUT2D eigenvalue weighted by Crippen LogP contribution is -2.50. The summed E-state index contributed by atoms with van der Waals surface area (Å²) in [5.74, 6) is -0.718. The Morgan fingerprint density at radius 3 is 2.56 bits per heavy atom. The molecule has 1 saturated heterocycles. The lowest BCUT2D eigenvalue weighted by molar-refractivity contribution is -0.149. The predicted molar refractivity (Wildman–Crippen MR) is 98.6 cm³/mol. The number of nitrogens with one attached hydrogen (secondary N) is 1. The van der Waals surface area contributed by atoms with Crippen molar-refractivity contribution in [1.29, 1.82) is 0 Å². The summed E-state index contributed by atoms with van der Waals surface area (Å²) in [6.07, 6.45) is 4.42. The number of amides is 2. The largest absolute Gasteiger partial charge is 0.494 e. The number of benzene rings is 1. The van der Waals surface area contributed by atoms with E-state index in [0.717, 1.165) is 25.7 Å². The van der Waals surface area contributed by atoms with E-state index in [1.807, 2.05) is 6.92 Å². The molecule has 7 nitrogen and oxygen atoms in total. The average Bonchev–Trinajstić information content (AvgIpc) is 3.07. The van der Waals surface area contributed by atoms with Crippen LogP contribution in [0, 0.1) is 5.92 Å². The first kappa shape index (κ1) is 19.2. The van der Waals surface area contributed by atoms with E-state index in [2.05, 4.69) is 5.32 Å². The van der Waals surface area contributed by atoms with Crippen molar-refractivity contribution in [1.82, 2.24) is 10.2 Å². The number of nitrogens with zero attached hydrogens (tertiary/aromatic N) is 1. The molecule has 0 spiro atoms. The third-order valence-corrected chi connectivity index (χ3v) is 5.49. The molecule has 1 saturated carbocycles. The molecule has 1 aliphatic heterocycles. The zero-order valence-electron chi connectivity index (χ0n) is 15.5. The Morgan fingerprint density at radius 1 is 1.19 bits per heavy atom. The van der Waals surface area contributed by atoms with E-state index in [9.17, 15) is 19.5 Å². The maximum atomic E-state index is 12.7. The fourth-order valence-electron chi connectivity index (χ4n) is 4.26. The summed E-state index contributed by atoms with van der Waals surface area (Å²) in [7, 11) is 0. The van der Waals surface area contributed by atoms with Crippen LogP contribution in [-0.4, -0.2) is 53.0 Å². The highest BCUT2D eigenvalue weighted by Gasteiger charge is 2.47. The molecule has 3 atom stereocenters. The first-order chi connectivity index (χ1) is 13.0. The minimum atomic E-state index is -0.962. The number of fused-ring (bicyclic) bond motifs is 1. The van der Waals surface area contributed by atoms with Gasteiger partial charge in [0.05, 0.1) is 13.2 Å². The van der Waals surface area contributed by atoms with E-state index in [1.165, 1.54) is 4.90 Å². The first-order valence-corrected chi connectivity index (χ1v) is 9.56. The van der Waals surface area contributed by atoms with Gasteiger partial charge in [0.15, 0.2) is 0 Å². The number of rotatable bonds is 6. The first-order valence-electron chi connectivity index (χ1n) is 9.56. The van der Waals surface area contributed by atoms with Gasteiger partial charge in [0, 0.05) is 11.6 Å². The van der Waals surface area contributed by atoms with Gasteiger partial charge in [-0.05, 0) is 56.4 Å². The van der Waals surface area contributed by atoms with Crippen molar-refractivity contribution >= 4 is 17.8 Å². The summed E-state index contributed by atoms with van der Waals surface area (Å²) in [6, 6.07) is 5.87. The number of carboxylic acid groups (broad SMARTS) is 1. The lowest BCUT2D eigenvalue weighted by atomic mass is 9.85. The van der Waals surface area contributed by atoms with Gasteiger partial charge in [0.1, 0.15) is 11.8 Å². The van der Waals surface area contributed by atoms with Gasteiger partial charge in [-0.25, -0.2) is 4.79 Å². The quantitative estimate of drug-likeness (QED) is 0.795. The molecule has 146 valence electrons. The Balaban J connectivity index is 1.61. The molecule has 1 aromatic rings. The molecule has 0 bridgehead atoms. The molecule has 3 rings (SSSR count). The molecule has 2 amide bonds. The van der Waals surface area contributed by atoms with Crippen molar-refractivity contribution in [2.24, 2.45) is 5.92 Å². The molecule has 0 aromatic heterocycles. The van der Waals surface area contributed by atoms with Gasteiger partial charge in [-0.15, -0.1) is 0 Å². The van der Waals surface area contributed by atoms with Crippen LogP contribution in [0.5, 0.6) is 5.75 Å². The summed E-state index contributed by atoms with van der Waals surface area (Å²) in [6.45, 7) is 2.23. The van der Waals surface area contributed by atoms with Crippen molar-refractivity contribution in [3.8, 4) is 5.75 Å². The van der Waals surface area contributed by atoms with Crippen molar-refractivity contribution in [2.75, 3.05) is 13.2 Å². The van der Waals surface area contributed by atoms with Crippen LogP contribution in [0.3, 0.4) is 0 Å². The van der Waals surface area contributed by atoms with Crippen molar-refractivity contribution in [3.63, 3.8) is 0 Å². The molecule has 3 unspecified atom stereocenters. The SMILES string of the molecule is CCOc1ccc(C(=O)NCC(=O)N2C(C(=O)O)CC3CCCCC32)cc1. The number of aliphatic carboxylic acids is 1. The molecular formula is C20H26N2O5. The summed E-state index contributed by atoms with van der Waals surface area (Å²) in [5.41, 5.74) is 0.429. The smallest absolute Gasteiger partial charge is 0.326 e. The third kappa shape index (κ3) is 4.23. The van der Waals surface area contributed by atoms with Gasteiger partial charge in [-0.1, -0.05) is 12.8 Å². The van der Waals surface area contributed by atoms with Gasteiger partial charge in [0.25, 0.3) is 5.91 Å². The molecule has 2 fully saturated rings. The van der Waals surface area contributed by atoms with Crippen LogP contribution in [-0.2, 0) is 9.59 Å². The number of ether oxygens (including phenoxy) is 1. The standard InChI is InChI=1S/C20H26N2O5/c1-2-27-15-9-7-13(8-10-15)19(24)21-12-18(23)22-16-6-4-3-5-14(16)11-17(22)20(25)26/h7-10,14,16-17H,2-6,11-12H2,1H3,(H,21,24)(H,25,26). The number of carbonyl (C=O) groups excluding carboxylic acids is 2. The summed E-state index contributed by atoms with van der Waals surface area (Å²) >= 11 is 0. The Bertz CT molecular complexity index is 703. The lowest BCUT2D eigenvalue weighted by Gasteiger charge is -2.33. The average molecular weight is 374 g/mol. The van der Waals surface area contributed by atoms with E-state index in [1.54, 1.807) is 24.3 Å². The number of carbonyl (C=O) groups is 3. The van der Waals surface area contributed by atoms with Gasteiger partial charge in [0.2, 0.25) is 5.91 Å². The second-order valence-electron chi connectivity index (χ2n) is 7.14. The number of carboxylic acids is 1. The monoisotopic (exact) mass is 374 g/mol. The Hall–Kier alpha value is -2.57. The van der Waals surface area contributed by atoms with Crippen LogP contribution in [0.1, 0.15) is 49.4 Å². The molecule has 0 radical (unpaired) electrons. The predicted octanol–water partition coefficient (Wildman–Crippen LogP) is 2.06. The van der Waals surface area contributed by atoms with Crippen LogP contribution in [0.25, 0.3) is 0 Å². The Labute approximate surface area is 158 Å². The van der Waals surface area contributed by atoms with E-state index in [0.29, 0.717) is 24.3 Å². The normalized spacial score (nSPS) is 24.2. The van der Waals surface area contributed by atoms with Crippen LogP contribution < -0.4 is 10.1 Å². The summed E-state index contributed by atoms with van der Waals surface area (Å²) in [4.78, 5) is 38.1. The van der Waals surface area contributed by atoms with E-state index in [-0.39, 0.29) is 30.3 Å². The van der Waals surface area contributed by atoms with Gasteiger partial charge in [-0.2, -0.15) is 0 Å². The molecule has 1 heterocycles. The number of hydrogen-bond donors (Lipinski definition) is 2. The van der Waals surface area contributed by atoms with Crippen LogP contribution in [0.15, 0.2) is 24.3 Å². The van der Waals surface area contributed by atoms with Gasteiger partial charge < -0.3 is 20.1 Å². The second kappa shape index (κ2) is 8.41. The minimum absolute atomic E-state index is 0.0188. The maximum Gasteiger partial charge on any atom is 0.326 e. The van der Waals surface area contributed by atoms with Gasteiger partial charge in [-0.3, -0.25) is 9.59 Å². The van der Waals surface area contributed by atoms with Crippen LogP contribution in [0.4, 0.5) is 0 Å². The molecule has 1 aliphatic carbocycles. The zero-order chi connectivity index (χ0) is 19.4.